The summed E-state index contributed by atoms with van der Waals surface area (Å²) in [6, 6.07) is 0. The minimum absolute atomic E-state index is 0.0541. The summed E-state index contributed by atoms with van der Waals surface area (Å²) in [6.07, 6.45) is 75.2. The number of allylic oxidation sites excluding steroid dienone is 6. The molecule has 9 nitrogen and oxygen atoms in total. The van der Waals surface area contributed by atoms with E-state index in [1.165, 1.54) is 250 Å². The van der Waals surface area contributed by atoms with Crippen LogP contribution in [0.5, 0.6) is 0 Å². The molecule has 0 spiro atoms. The molecule has 0 fully saturated rings. The molecule has 0 aromatic carbocycles. The van der Waals surface area contributed by atoms with E-state index in [0.29, 0.717) is 6.42 Å². The second kappa shape index (κ2) is 61.4. The molecule has 2 atom stereocenters. The van der Waals surface area contributed by atoms with E-state index in [1.54, 1.807) is 0 Å². The van der Waals surface area contributed by atoms with Gasteiger partial charge >= 0.3 is 19.8 Å². The van der Waals surface area contributed by atoms with Crippen molar-refractivity contribution < 1.29 is 37.6 Å². The number of unbranched alkanes of at least 4 members (excludes halogenated alkanes) is 43. The molecule has 10 heteroatoms. The smallest absolute Gasteiger partial charge is 0.462 e. The van der Waals surface area contributed by atoms with Crippen LogP contribution in [-0.2, 0) is 32.7 Å². The number of carbonyl (C=O) groups is 2. The largest absolute Gasteiger partial charge is 0.472 e. The van der Waals surface area contributed by atoms with Crippen LogP contribution in [0.4, 0.5) is 0 Å². The second-order valence-electron chi connectivity index (χ2n) is 22.0. The van der Waals surface area contributed by atoms with Crippen molar-refractivity contribution in [2.24, 2.45) is 5.73 Å². The number of nitrogens with two attached hydrogens (primary N) is 1. The van der Waals surface area contributed by atoms with Crippen LogP contribution in [0.3, 0.4) is 0 Å². The van der Waals surface area contributed by atoms with Crippen molar-refractivity contribution in [2.45, 2.75) is 341 Å². The Morgan fingerprint density at radius 3 is 1.05 bits per heavy atom. The lowest BCUT2D eigenvalue weighted by Crippen LogP contribution is -2.29. The summed E-state index contributed by atoms with van der Waals surface area (Å²) in [5.41, 5.74) is 5.39. The zero-order valence-corrected chi connectivity index (χ0v) is 50.4. The zero-order valence-electron chi connectivity index (χ0n) is 49.6. The van der Waals surface area contributed by atoms with Crippen molar-refractivity contribution in [2.75, 3.05) is 26.4 Å². The van der Waals surface area contributed by atoms with Gasteiger partial charge in [-0.1, -0.05) is 288 Å². The monoisotopic (exact) mass is 1080 g/mol. The molecular formula is C65H124NO8P. The number of hydrogen-bond donors (Lipinski definition) is 2. The maximum atomic E-state index is 12.7. The summed E-state index contributed by atoms with van der Waals surface area (Å²) in [6.45, 7) is 3.77. The van der Waals surface area contributed by atoms with Gasteiger partial charge in [0, 0.05) is 19.4 Å². The maximum absolute atomic E-state index is 12.7. The van der Waals surface area contributed by atoms with Gasteiger partial charge in [0.15, 0.2) is 6.10 Å². The lowest BCUT2D eigenvalue weighted by Gasteiger charge is -2.19. The molecule has 0 aliphatic carbocycles. The molecule has 0 aliphatic rings. The third-order valence-electron chi connectivity index (χ3n) is 14.5. The quantitative estimate of drug-likeness (QED) is 0.0264. The number of rotatable bonds is 62. The molecule has 0 amide bonds. The van der Waals surface area contributed by atoms with Crippen LogP contribution in [0.25, 0.3) is 0 Å². The predicted octanol–water partition coefficient (Wildman–Crippen LogP) is 20.7. The number of ether oxygens (including phenoxy) is 2. The van der Waals surface area contributed by atoms with Crippen LogP contribution in [0.2, 0.25) is 0 Å². The fourth-order valence-corrected chi connectivity index (χ4v) is 10.4. The first kappa shape index (κ1) is 73.2. The van der Waals surface area contributed by atoms with Crippen LogP contribution in [0.15, 0.2) is 36.5 Å². The SMILES string of the molecule is CCCCC/C=C\C/C=C\CCCCCCCCCCCC(=O)OC(COC(=O)CCCCCCCCCCCCCCCCCCCCCCCCC/C=C\CCCCCCCCCC)COP(=O)(O)OCCN. The van der Waals surface area contributed by atoms with E-state index in [1.807, 2.05) is 0 Å². The van der Waals surface area contributed by atoms with Crippen molar-refractivity contribution in [3.63, 3.8) is 0 Å². The van der Waals surface area contributed by atoms with Gasteiger partial charge in [0.2, 0.25) is 0 Å². The Balaban J connectivity index is 3.80. The summed E-state index contributed by atoms with van der Waals surface area (Å²) in [5, 5.41) is 0. The number of phosphoric acid groups is 1. The normalized spacial score (nSPS) is 13.2. The summed E-state index contributed by atoms with van der Waals surface area (Å²) in [7, 11) is -4.39. The third-order valence-corrected chi connectivity index (χ3v) is 15.5. The highest BCUT2D eigenvalue weighted by Crippen LogP contribution is 2.43. The van der Waals surface area contributed by atoms with Gasteiger partial charge in [0.25, 0.3) is 0 Å². The van der Waals surface area contributed by atoms with E-state index in [0.717, 1.165) is 51.4 Å². The number of esters is 2. The molecule has 0 heterocycles. The molecule has 0 aromatic heterocycles. The summed E-state index contributed by atoms with van der Waals surface area (Å²) in [4.78, 5) is 35.2. The predicted molar refractivity (Wildman–Crippen MR) is 321 cm³/mol. The number of phosphoric ester groups is 1. The Labute approximate surface area is 464 Å². The van der Waals surface area contributed by atoms with Crippen LogP contribution in [0.1, 0.15) is 335 Å². The van der Waals surface area contributed by atoms with Crippen molar-refractivity contribution >= 4 is 19.8 Å². The molecule has 0 bridgehead atoms. The highest BCUT2D eigenvalue weighted by molar-refractivity contribution is 7.47. The van der Waals surface area contributed by atoms with Gasteiger partial charge in [-0.2, -0.15) is 0 Å². The third kappa shape index (κ3) is 61.3. The molecule has 442 valence electrons. The van der Waals surface area contributed by atoms with Gasteiger partial charge in [-0.15, -0.1) is 0 Å². The van der Waals surface area contributed by atoms with Crippen LogP contribution >= 0.6 is 7.82 Å². The molecule has 2 unspecified atom stereocenters. The summed E-state index contributed by atoms with van der Waals surface area (Å²) < 4.78 is 33.1. The lowest BCUT2D eigenvalue weighted by atomic mass is 10.0. The first-order chi connectivity index (χ1) is 36.8. The van der Waals surface area contributed by atoms with Crippen molar-refractivity contribution in [1.29, 1.82) is 0 Å². The highest BCUT2D eigenvalue weighted by Gasteiger charge is 2.26. The standard InChI is InChI=1S/C65H124NO8P/c1-3-5-7-9-11-13-15-17-19-21-23-24-25-26-27-28-29-30-31-32-33-34-35-36-37-38-40-41-43-45-47-49-51-53-55-57-64(67)71-61-63(62-73-75(69,70)72-60-59-66)74-65(68)58-56-54-52-50-48-46-44-42-39-22-20-18-16-14-12-10-8-6-4-2/h12,14,18,20-21,23,63H,3-11,13,15-17,19,22,24-62,66H2,1-2H3,(H,69,70)/b14-12-,20-18-,23-21-. The van der Waals surface area contributed by atoms with Crippen LogP contribution in [-0.4, -0.2) is 49.3 Å². The Morgan fingerprint density at radius 1 is 0.400 bits per heavy atom. The fourth-order valence-electron chi connectivity index (χ4n) is 9.67. The molecule has 0 aromatic rings. The van der Waals surface area contributed by atoms with Gasteiger partial charge in [-0.05, 0) is 70.6 Å². The first-order valence-corrected chi connectivity index (χ1v) is 34.0. The number of carbonyl (C=O) groups excluding carboxylic acids is 2. The van der Waals surface area contributed by atoms with Gasteiger partial charge in [0.05, 0.1) is 13.2 Å². The lowest BCUT2D eigenvalue weighted by molar-refractivity contribution is -0.161. The Bertz CT molecular complexity index is 1320. The second-order valence-corrected chi connectivity index (χ2v) is 23.4. The molecule has 0 saturated carbocycles. The Kier molecular flexibility index (Phi) is 60.0. The van der Waals surface area contributed by atoms with E-state index in [9.17, 15) is 19.0 Å². The van der Waals surface area contributed by atoms with Crippen molar-refractivity contribution in [1.82, 2.24) is 0 Å². The summed E-state index contributed by atoms with van der Waals surface area (Å²) >= 11 is 0. The van der Waals surface area contributed by atoms with E-state index in [2.05, 4.69) is 50.3 Å². The highest BCUT2D eigenvalue weighted by atomic mass is 31.2. The number of hydrogen-bond acceptors (Lipinski definition) is 8. The van der Waals surface area contributed by atoms with Crippen LogP contribution in [0, 0.1) is 0 Å². The van der Waals surface area contributed by atoms with E-state index in [4.69, 9.17) is 24.3 Å². The van der Waals surface area contributed by atoms with Crippen molar-refractivity contribution in [3.05, 3.63) is 36.5 Å². The minimum Gasteiger partial charge on any atom is -0.462 e. The molecular weight excluding hydrogens is 954 g/mol. The first-order valence-electron chi connectivity index (χ1n) is 32.5. The van der Waals surface area contributed by atoms with Gasteiger partial charge in [0.1, 0.15) is 6.61 Å². The molecule has 0 radical (unpaired) electrons. The van der Waals surface area contributed by atoms with E-state index < -0.39 is 26.5 Å². The minimum atomic E-state index is -4.39. The fraction of sp³-hybridized carbons (Fsp3) is 0.877. The molecule has 75 heavy (non-hydrogen) atoms. The zero-order chi connectivity index (χ0) is 54.5. The van der Waals surface area contributed by atoms with Gasteiger partial charge in [-0.25, -0.2) is 4.57 Å². The topological polar surface area (TPSA) is 134 Å². The molecule has 3 N–H and O–H groups in total. The average Bonchev–Trinajstić information content (AvgIpc) is 3.40. The van der Waals surface area contributed by atoms with Gasteiger partial charge in [-0.3, -0.25) is 18.6 Å². The maximum Gasteiger partial charge on any atom is 0.472 e. The Hall–Kier alpha value is -1.77. The summed E-state index contributed by atoms with van der Waals surface area (Å²) in [5.74, 6) is -0.816. The molecule has 0 aliphatic heterocycles. The molecule has 0 rings (SSSR count). The average molecular weight is 1080 g/mol. The Morgan fingerprint density at radius 2 is 0.693 bits per heavy atom. The van der Waals surface area contributed by atoms with Gasteiger partial charge < -0.3 is 20.1 Å². The van der Waals surface area contributed by atoms with E-state index >= 15 is 0 Å². The van der Waals surface area contributed by atoms with Crippen LogP contribution < -0.4 is 5.73 Å². The van der Waals surface area contributed by atoms with Crippen molar-refractivity contribution in [3.8, 4) is 0 Å². The van der Waals surface area contributed by atoms with E-state index in [-0.39, 0.29) is 38.6 Å². The molecule has 0 saturated heterocycles.